The summed E-state index contributed by atoms with van der Waals surface area (Å²) in [7, 11) is 0. The molecule has 2 aliphatic heterocycles. The van der Waals surface area contributed by atoms with E-state index in [0.717, 1.165) is 48.9 Å². The van der Waals surface area contributed by atoms with Crippen LogP contribution >= 0.6 is 11.3 Å². The molecule has 0 N–H and O–H groups in total. The number of aryl methyl sites for hydroxylation is 1. The van der Waals surface area contributed by atoms with E-state index in [4.69, 9.17) is 0 Å². The second-order valence-electron chi connectivity index (χ2n) is 7.95. The van der Waals surface area contributed by atoms with Crippen LogP contribution in [0.1, 0.15) is 23.4 Å². The van der Waals surface area contributed by atoms with Crippen molar-refractivity contribution >= 4 is 27.5 Å². The number of amides is 1. The number of carbonyl (C=O) groups excluding carboxylic acids is 1. The number of nitrogens with zero attached hydrogens (tertiary/aromatic N) is 3. The fraction of sp³-hybridized carbons (Fsp3) is 0.391. The maximum atomic E-state index is 12.8. The molecule has 5 heteroatoms. The highest BCUT2D eigenvalue weighted by molar-refractivity contribution is 7.18. The van der Waals surface area contributed by atoms with Crippen molar-refractivity contribution in [2.24, 2.45) is 5.92 Å². The van der Waals surface area contributed by atoms with E-state index < -0.39 is 0 Å². The van der Waals surface area contributed by atoms with Crippen molar-refractivity contribution in [2.45, 2.75) is 31.8 Å². The Bertz CT molecular complexity index is 937. The molecule has 0 unspecified atom stereocenters. The predicted octanol–water partition coefficient (Wildman–Crippen LogP) is 3.96. The van der Waals surface area contributed by atoms with Crippen LogP contribution in [0.3, 0.4) is 0 Å². The first-order valence-electron chi connectivity index (χ1n) is 10.2. The van der Waals surface area contributed by atoms with Gasteiger partial charge in [-0.25, -0.2) is 4.98 Å². The third-order valence-corrected chi connectivity index (χ3v) is 7.23. The second-order valence-corrected chi connectivity index (χ2v) is 9.06. The zero-order valence-electron chi connectivity index (χ0n) is 16.0. The van der Waals surface area contributed by atoms with Crippen LogP contribution in [0.4, 0.5) is 0 Å². The number of fused-ring (bicyclic) bond motifs is 2. The van der Waals surface area contributed by atoms with Gasteiger partial charge in [0.15, 0.2) is 0 Å². The molecule has 2 atom stereocenters. The van der Waals surface area contributed by atoms with E-state index >= 15 is 0 Å². The Kier molecular flexibility index (Phi) is 4.87. The summed E-state index contributed by atoms with van der Waals surface area (Å²) >= 11 is 1.71. The van der Waals surface area contributed by atoms with Crippen molar-refractivity contribution < 1.29 is 4.79 Å². The number of hydrogen-bond acceptors (Lipinski definition) is 4. The monoisotopic (exact) mass is 391 g/mol. The molecule has 0 radical (unpaired) electrons. The first kappa shape index (κ1) is 17.8. The zero-order valence-corrected chi connectivity index (χ0v) is 16.8. The lowest BCUT2D eigenvalue weighted by molar-refractivity contribution is -0.138. The summed E-state index contributed by atoms with van der Waals surface area (Å²) in [6.07, 6.45) is 2.45. The summed E-state index contributed by atoms with van der Waals surface area (Å²) in [6.45, 7) is 3.97. The number of carbonyl (C=O) groups is 1. The summed E-state index contributed by atoms with van der Waals surface area (Å²) < 4.78 is 1.21. The molecule has 1 aromatic heterocycles. The number of para-hydroxylation sites is 1. The van der Waals surface area contributed by atoms with Crippen LogP contribution in [0.5, 0.6) is 0 Å². The molecule has 1 amide bonds. The van der Waals surface area contributed by atoms with Gasteiger partial charge in [0.05, 0.1) is 15.2 Å². The minimum Gasteiger partial charge on any atom is -0.341 e. The van der Waals surface area contributed by atoms with Gasteiger partial charge in [0.1, 0.15) is 0 Å². The number of aromatic nitrogens is 1. The maximum Gasteiger partial charge on any atom is 0.223 e. The summed E-state index contributed by atoms with van der Waals surface area (Å²) in [5.41, 5.74) is 2.40. The van der Waals surface area contributed by atoms with Gasteiger partial charge < -0.3 is 4.90 Å². The Labute approximate surface area is 169 Å². The Hall–Kier alpha value is -2.24. The summed E-state index contributed by atoms with van der Waals surface area (Å²) in [5.74, 6) is 1.04. The molecule has 0 bridgehead atoms. The quantitative estimate of drug-likeness (QED) is 0.660. The molecule has 28 heavy (non-hydrogen) atoms. The predicted molar refractivity (Wildman–Crippen MR) is 113 cm³/mol. The molecular weight excluding hydrogens is 366 g/mol. The third kappa shape index (κ3) is 3.56. The van der Waals surface area contributed by atoms with Crippen LogP contribution in [0, 0.1) is 5.92 Å². The fourth-order valence-corrected chi connectivity index (χ4v) is 5.50. The van der Waals surface area contributed by atoms with Gasteiger partial charge in [0.25, 0.3) is 0 Å². The molecule has 2 aliphatic rings. The topological polar surface area (TPSA) is 36.4 Å². The molecule has 3 heterocycles. The van der Waals surface area contributed by atoms with E-state index in [1.165, 1.54) is 16.8 Å². The Morgan fingerprint density at radius 1 is 1.07 bits per heavy atom. The lowest BCUT2D eigenvalue weighted by Crippen LogP contribution is -2.64. The number of piperidine rings is 1. The number of benzene rings is 2. The van der Waals surface area contributed by atoms with Crippen LogP contribution in [0.25, 0.3) is 10.2 Å². The third-order valence-electron chi connectivity index (χ3n) is 6.13. The highest BCUT2D eigenvalue weighted by Crippen LogP contribution is 2.34. The molecule has 5 rings (SSSR count). The highest BCUT2D eigenvalue weighted by atomic mass is 32.1. The van der Waals surface area contributed by atoms with Crippen molar-refractivity contribution in [1.29, 1.82) is 0 Å². The first-order chi connectivity index (χ1) is 13.8. The van der Waals surface area contributed by atoms with E-state index in [2.05, 4.69) is 51.2 Å². The summed E-state index contributed by atoms with van der Waals surface area (Å²) in [6, 6.07) is 19.4. The normalized spacial score (nSPS) is 22.1. The second kappa shape index (κ2) is 7.64. The average Bonchev–Trinajstić information content (AvgIpc) is 3.14. The smallest absolute Gasteiger partial charge is 0.223 e. The van der Waals surface area contributed by atoms with Crippen LogP contribution in [0.15, 0.2) is 54.6 Å². The first-order valence-corrected chi connectivity index (χ1v) is 11.0. The van der Waals surface area contributed by atoms with Gasteiger partial charge in [-0.3, -0.25) is 9.69 Å². The Morgan fingerprint density at radius 3 is 2.75 bits per heavy atom. The van der Waals surface area contributed by atoms with E-state index in [1.807, 2.05) is 18.2 Å². The van der Waals surface area contributed by atoms with Crippen molar-refractivity contribution in [3.63, 3.8) is 0 Å². The van der Waals surface area contributed by atoms with Crippen LogP contribution in [-0.2, 0) is 17.8 Å². The van der Waals surface area contributed by atoms with Gasteiger partial charge >= 0.3 is 0 Å². The molecule has 3 aromatic rings. The Balaban J connectivity index is 1.17. The number of thiazole rings is 1. The van der Waals surface area contributed by atoms with Crippen LogP contribution in [-0.4, -0.2) is 46.4 Å². The van der Waals surface area contributed by atoms with Gasteiger partial charge in [-0.05, 0) is 30.0 Å². The highest BCUT2D eigenvalue weighted by Gasteiger charge is 2.43. The molecule has 2 aromatic carbocycles. The van der Waals surface area contributed by atoms with E-state index in [1.54, 1.807) is 11.3 Å². The van der Waals surface area contributed by atoms with Gasteiger partial charge in [-0.1, -0.05) is 42.5 Å². The van der Waals surface area contributed by atoms with Crippen LogP contribution in [0.2, 0.25) is 0 Å². The molecule has 0 aliphatic carbocycles. The average molecular weight is 392 g/mol. The largest absolute Gasteiger partial charge is 0.341 e. The summed E-state index contributed by atoms with van der Waals surface area (Å²) in [4.78, 5) is 22.1. The maximum absolute atomic E-state index is 12.8. The number of hydrogen-bond donors (Lipinski definition) is 0. The van der Waals surface area contributed by atoms with Gasteiger partial charge in [-0.15, -0.1) is 11.3 Å². The zero-order chi connectivity index (χ0) is 18.9. The molecular formula is C23H25N3OS. The van der Waals surface area contributed by atoms with E-state index in [-0.39, 0.29) is 5.91 Å². The van der Waals surface area contributed by atoms with Crippen molar-refractivity contribution in [2.75, 3.05) is 19.6 Å². The lowest BCUT2D eigenvalue weighted by atomic mass is 9.82. The molecule has 0 spiro atoms. The SMILES string of the molecule is O=C(CCc1nc2ccccc2s1)N1CC[C@@H]2CN(Cc3ccccc3)[C@@H]2C1. The molecule has 4 nitrogen and oxygen atoms in total. The summed E-state index contributed by atoms with van der Waals surface area (Å²) in [5, 5.41) is 1.07. The van der Waals surface area contributed by atoms with Crippen molar-refractivity contribution in [3.05, 3.63) is 65.2 Å². The van der Waals surface area contributed by atoms with Crippen LogP contribution < -0.4 is 0 Å². The van der Waals surface area contributed by atoms with Crippen molar-refractivity contribution in [1.82, 2.24) is 14.8 Å². The Morgan fingerprint density at radius 2 is 1.89 bits per heavy atom. The van der Waals surface area contributed by atoms with Gasteiger partial charge in [0.2, 0.25) is 5.91 Å². The minimum atomic E-state index is 0.282. The number of likely N-dealkylation sites (tertiary alicyclic amines) is 2. The molecule has 2 saturated heterocycles. The van der Waals surface area contributed by atoms with Gasteiger partial charge in [0, 0.05) is 45.1 Å². The molecule has 144 valence electrons. The lowest BCUT2D eigenvalue weighted by Gasteiger charge is -2.53. The standard InChI is InChI=1S/C23H25N3OS/c27-23(11-10-22-24-19-8-4-5-9-21(19)28-22)25-13-12-18-15-26(20(18)16-25)14-17-6-2-1-3-7-17/h1-9,18,20H,10-16H2/t18-,20-/m1/s1. The van der Waals surface area contributed by atoms with E-state index in [0.29, 0.717) is 12.5 Å². The van der Waals surface area contributed by atoms with Crippen molar-refractivity contribution in [3.8, 4) is 0 Å². The minimum absolute atomic E-state index is 0.282. The molecule has 0 saturated carbocycles. The van der Waals surface area contributed by atoms with Gasteiger partial charge in [-0.2, -0.15) is 0 Å². The molecule has 2 fully saturated rings. The van der Waals surface area contributed by atoms with E-state index in [9.17, 15) is 4.79 Å². The fourth-order valence-electron chi connectivity index (χ4n) is 4.53. The number of rotatable bonds is 5.